The average molecular weight is 505 g/mol. The van der Waals surface area contributed by atoms with Gasteiger partial charge >= 0.3 is 5.95 Å². The monoisotopic (exact) mass is 505 g/mol. The van der Waals surface area contributed by atoms with Crippen LogP contribution in [0.15, 0.2) is 42.7 Å². The lowest BCUT2D eigenvalue weighted by molar-refractivity contribution is -0.692. The van der Waals surface area contributed by atoms with Crippen LogP contribution >= 0.6 is 22.6 Å². The molecule has 0 saturated carbocycles. The Morgan fingerprint density at radius 1 is 1.33 bits per heavy atom. The van der Waals surface area contributed by atoms with E-state index < -0.39 is 0 Å². The second-order valence-corrected chi connectivity index (χ2v) is 5.71. The lowest BCUT2D eigenvalue weighted by Crippen LogP contribution is -3.00. The molecule has 3 aromatic rings. The molecule has 5 nitrogen and oxygen atoms in total. The summed E-state index contributed by atoms with van der Waals surface area (Å²) >= 11 is 2.42. The van der Waals surface area contributed by atoms with Gasteiger partial charge in [-0.3, -0.25) is 5.32 Å². The van der Waals surface area contributed by atoms with Gasteiger partial charge in [-0.25, -0.2) is 9.25 Å². The van der Waals surface area contributed by atoms with E-state index in [4.69, 9.17) is 4.98 Å². The summed E-state index contributed by atoms with van der Waals surface area (Å²) in [5.74, 6) is 0.928. The van der Waals surface area contributed by atoms with Crippen molar-refractivity contribution in [1.29, 1.82) is 0 Å². The summed E-state index contributed by atoms with van der Waals surface area (Å²) in [5, 5.41) is 8.90. The molecule has 0 spiro atoms. The number of nitrogens with zero attached hydrogens (tertiary/aromatic N) is 4. The van der Waals surface area contributed by atoms with E-state index in [1.807, 2.05) is 41.2 Å². The third kappa shape index (κ3) is 2.50. The van der Waals surface area contributed by atoms with Crippen LogP contribution < -0.4 is 33.9 Å². The number of anilines is 1. The number of benzene rings is 1. The minimum atomic E-state index is 0. The first kappa shape index (κ1) is 14.9. The highest BCUT2D eigenvalue weighted by atomic mass is 127. The zero-order valence-corrected chi connectivity index (χ0v) is 15.4. The van der Waals surface area contributed by atoms with Crippen LogP contribution in [-0.4, -0.2) is 25.7 Å². The predicted octanol–water partition coefficient (Wildman–Crippen LogP) is -0.886. The molecular formula is C14H13I2N5. The highest BCUT2D eigenvalue weighted by Crippen LogP contribution is 2.20. The van der Waals surface area contributed by atoms with Gasteiger partial charge in [-0.15, -0.1) is 0 Å². The number of alkyl halides is 1. The molecule has 21 heavy (non-hydrogen) atoms. The Morgan fingerprint density at radius 3 is 2.90 bits per heavy atom. The zero-order valence-electron chi connectivity index (χ0n) is 11.1. The van der Waals surface area contributed by atoms with Crippen LogP contribution in [0.5, 0.6) is 0 Å². The Morgan fingerprint density at radius 2 is 2.14 bits per heavy atom. The van der Waals surface area contributed by atoms with Crippen LogP contribution in [0.3, 0.4) is 0 Å². The van der Waals surface area contributed by atoms with E-state index in [1.54, 1.807) is 0 Å². The summed E-state index contributed by atoms with van der Waals surface area (Å²) in [7, 11) is 0. The van der Waals surface area contributed by atoms with E-state index in [0.717, 1.165) is 33.6 Å². The summed E-state index contributed by atoms with van der Waals surface area (Å²) in [4.78, 5) is 4.74. The van der Waals surface area contributed by atoms with Crippen molar-refractivity contribution in [1.82, 2.24) is 14.8 Å². The number of rotatable bonds is 2. The standard InChI is InChI=1S/C14H12IN5.HI/c15-6-12-8-16-14-18-13-10(9-19(12)14)7-17-20(13)11-4-2-1-3-5-11;/h1-5,7,9,12H,6,8H2;1H. The molecule has 0 bridgehead atoms. The van der Waals surface area contributed by atoms with Gasteiger partial charge in [0.25, 0.3) is 0 Å². The van der Waals surface area contributed by atoms with Crippen molar-refractivity contribution >= 4 is 39.6 Å². The van der Waals surface area contributed by atoms with Crippen molar-refractivity contribution in [2.45, 2.75) is 6.04 Å². The van der Waals surface area contributed by atoms with Crippen LogP contribution in [0.1, 0.15) is 6.04 Å². The number of hydrogen-bond donors (Lipinski definition) is 1. The van der Waals surface area contributed by atoms with Gasteiger partial charge in [0.1, 0.15) is 6.04 Å². The number of halogens is 2. The third-order valence-corrected chi connectivity index (χ3v) is 4.59. The van der Waals surface area contributed by atoms with Gasteiger partial charge in [0.05, 0.1) is 30.0 Å². The fourth-order valence-electron chi connectivity index (χ4n) is 2.53. The highest BCUT2D eigenvalue weighted by Gasteiger charge is 2.30. The molecule has 1 aliphatic heterocycles. The molecule has 1 atom stereocenters. The first-order valence-electron chi connectivity index (χ1n) is 6.52. The molecule has 4 rings (SSSR count). The van der Waals surface area contributed by atoms with E-state index in [9.17, 15) is 0 Å². The largest absolute Gasteiger partial charge is 1.00 e. The van der Waals surface area contributed by atoms with Crippen LogP contribution in [0.25, 0.3) is 16.7 Å². The Hall–Kier alpha value is -0.970. The molecule has 0 aliphatic carbocycles. The minimum Gasteiger partial charge on any atom is -1.00 e. The lowest BCUT2D eigenvalue weighted by atomic mass is 10.3. The normalized spacial score (nSPS) is 16.3. The second kappa shape index (κ2) is 6.03. The van der Waals surface area contributed by atoms with Crippen molar-refractivity contribution in [2.75, 3.05) is 16.3 Å². The van der Waals surface area contributed by atoms with E-state index >= 15 is 0 Å². The first-order valence-corrected chi connectivity index (χ1v) is 8.04. The Labute approximate surface area is 152 Å². The smallest absolute Gasteiger partial charge is 0.394 e. The minimum absolute atomic E-state index is 0. The zero-order chi connectivity index (χ0) is 13.5. The molecule has 0 saturated heterocycles. The molecular weight excluding hydrogens is 492 g/mol. The van der Waals surface area contributed by atoms with Crippen LogP contribution in [0.2, 0.25) is 0 Å². The molecule has 1 aliphatic rings. The first-order chi connectivity index (χ1) is 9.86. The summed E-state index contributed by atoms with van der Waals surface area (Å²) in [6, 6.07) is 10.6. The second-order valence-electron chi connectivity index (χ2n) is 4.83. The van der Waals surface area contributed by atoms with Crippen molar-refractivity contribution in [3.05, 3.63) is 42.7 Å². The Bertz CT molecular complexity index is 772. The van der Waals surface area contributed by atoms with E-state index in [1.165, 1.54) is 0 Å². The van der Waals surface area contributed by atoms with Crippen LogP contribution in [-0.2, 0) is 0 Å². The number of nitrogens with one attached hydrogen (secondary N) is 1. The Kier molecular flexibility index (Phi) is 4.29. The summed E-state index contributed by atoms with van der Waals surface area (Å²) in [6.07, 6.45) is 4.03. The molecule has 2 aromatic heterocycles. The molecule has 0 fully saturated rings. The molecule has 0 radical (unpaired) electrons. The fourth-order valence-corrected chi connectivity index (χ4v) is 3.27. The number of fused-ring (bicyclic) bond motifs is 2. The highest BCUT2D eigenvalue weighted by molar-refractivity contribution is 14.1. The van der Waals surface area contributed by atoms with Gasteiger partial charge in [-0.2, -0.15) is 5.10 Å². The van der Waals surface area contributed by atoms with Crippen molar-refractivity contribution in [3.8, 4) is 5.69 Å². The summed E-state index contributed by atoms with van der Waals surface area (Å²) < 4.78 is 5.17. The van der Waals surface area contributed by atoms with Crippen LogP contribution in [0, 0.1) is 0 Å². The van der Waals surface area contributed by atoms with Crippen molar-refractivity contribution in [2.24, 2.45) is 0 Å². The molecule has 1 unspecified atom stereocenters. The average Bonchev–Trinajstić information content (AvgIpc) is 3.08. The maximum absolute atomic E-state index is 4.74. The van der Waals surface area contributed by atoms with Crippen molar-refractivity contribution < 1.29 is 28.5 Å². The maximum Gasteiger partial charge on any atom is 0.394 e. The SMILES string of the molecule is ICC1CNc2nc3c(cnn3-c3ccccc3)c[n+]21.[I-]. The molecule has 0 amide bonds. The molecule has 108 valence electrons. The molecule has 1 aromatic carbocycles. The van der Waals surface area contributed by atoms with E-state index in [2.05, 4.69) is 43.8 Å². The van der Waals surface area contributed by atoms with E-state index in [0.29, 0.717) is 6.04 Å². The lowest BCUT2D eigenvalue weighted by Gasteiger charge is -2.03. The number of hydrogen-bond acceptors (Lipinski definition) is 3. The fraction of sp³-hybridized carbons (Fsp3) is 0.214. The molecule has 3 heterocycles. The van der Waals surface area contributed by atoms with Crippen molar-refractivity contribution in [3.63, 3.8) is 0 Å². The number of aromatic nitrogens is 4. The van der Waals surface area contributed by atoms with Gasteiger partial charge in [0.2, 0.25) is 5.65 Å². The van der Waals surface area contributed by atoms with Gasteiger partial charge in [0, 0.05) is 4.43 Å². The predicted molar refractivity (Wildman–Crippen MR) is 85.5 cm³/mol. The quantitative estimate of drug-likeness (QED) is 0.280. The molecule has 1 N–H and O–H groups in total. The molecule has 7 heteroatoms. The van der Waals surface area contributed by atoms with Gasteiger partial charge < -0.3 is 24.0 Å². The third-order valence-electron chi connectivity index (χ3n) is 3.57. The Balaban J connectivity index is 0.00000132. The van der Waals surface area contributed by atoms with Gasteiger partial charge in [0.15, 0.2) is 0 Å². The topological polar surface area (TPSA) is 46.6 Å². The summed E-state index contributed by atoms with van der Waals surface area (Å²) in [5.41, 5.74) is 1.92. The van der Waals surface area contributed by atoms with E-state index in [-0.39, 0.29) is 24.0 Å². The van der Waals surface area contributed by atoms with Gasteiger partial charge in [-0.05, 0) is 12.1 Å². The maximum atomic E-state index is 4.74. The van der Waals surface area contributed by atoms with Crippen LogP contribution in [0.4, 0.5) is 5.95 Å². The summed E-state index contributed by atoms with van der Waals surface area (Å²) in [6.45, 7) is 0.946. The van der Waals surface area contributed by atoms with Gasteiger partial charge in [-0.1, -0.05) is 45.8 Å². The number of para-hydroxylation sites is 1.